The van der Waals surface area contributed by atoms with Crippen LogP contribution < -0.4 is 0 Å². The van der Waals surface area contributed by atoms with Crippen molar-refractivity contribution in [3.05, 3.63) is 48.6 Å². The third kappa shape index (κ3) is 5.35. The Morgan fingerprint density at radius 2 is 1.94 bits per heavy atom. The van der Waals surface area contributed by atoms with Gasteiger partial charge in [-0.3, -0.25) is 4.79 Å². The normalized spacial score (nSPS) is 10.9. The van der Waals surface area contributed by atoms with Gasteiger partial charge < -0.3 is 5.11 Å². The Bertz CT molecular complexity index is 304. The molecule has 1 aromatic rings. The second kappa shape index (κ2) is 8.72. The Labute approximate surface area is 97.6 Å². The van der Waals surface area contributed by atoms with Gasteiger partial charge in [-0.15, -0.1) is 6.58 Å². The number of carbonyl (C=O) groups is 1. The molecule has 0 amide bonds. The summed E-state index contributed by atoms with van der Waals surface area (Å²) in [6.07, 6.45) is 2.63. The molecular formula is C14H20O2. The minimum atomic E-state index is -0.763. The number of carboxylic acid groups (broad SMARTS) is 1. The van der Waals surface area contributed by atoms with E-state index in [9.17, 15) is 4.79 Å². The van der Waals surface area contributed by atoms with Gasteiger partial charge in [0, 0.05) is 0 Å². The number of aliphatic carboxylic acids is 1. The number of rotatable bonds is 5. The van der Waals surface area contributed by atoms with Gasteiger partial charge in [0.25, 0.3) is 0 Å². The zero-order chi connectivity index (χ0) is 12.4. The lowest BCUT2D eigenvalue weighted by Gasteiger charge is -2.12. The van der Waals surface area contributed by atoms with E-state index in [1.54, 1.807) is 6.08 Å². The van der Waals surface area contributed by atoms with Crippen molar-refractivity contribution in [1.82, 2.24) is 0 Å². The average Bonchev–Trinajstić information content (AvgIpc) is 2.32. The first-order valence-corrected chi connectivity index (χ1v) is 5.61. The number of benzene rings is 1. The Kier molecular flexibility index (Phi) is 7.86. The van der Waals surface area contributed by atoms with Gasteiger partial charge in [-0.1, -0.05) is 50.3 Å². The summed E-state index contributed by atoms with van der Waals surface area (Å²) in [6.45, 7) is 7.64. The molecule has 0 aliphatic heterocycles. The van der Waals surface area contributed by atoms with Gasteiger partial charge in [0.15, 0.2) is 0 Å². The molecule has 0 unspecified atom stereocenters. The van der Waals surface area contributed by atoms with E-state index < -0.39 is 5.97 Å². The lowest BCUT2D eigenvalue weighted by molar-refractivity contribution is -0.137. The van der Waals surface area contributed by atoms with E-state index in [4.69, 9.17) is 5.11 Å². The highest BCUT2D eigenvalue weighted by molar-refractivity contribution is 5.68. The summed E-state index contributed by atoms with van der Waals surface area (Å²) in [5, 5.41) is 8.74. The van der Waals surface area contributed by atoms with Crippen molar-refractivity contribution >= 4 is 5.97 Å². The van der Waals surface area contributed by atoms with Gasteiger partial charge >= 0.3 is 5.97 Å². The van der Waals surface area contributed by atoms with E-state index in [1.807, 2.05) is 44.2 Å². The van der Waals surface area contributed by atoms with Crippen LogP contribution in [0.3, 0.4) is 0 Å². The average molecular weight is 220 g/mol. The highest BCUT2D eigenvalue weighted by Gasteiger charge is 2.13. The molecule has 88 valence electrons. The molecule has 0 saturated heterocycles. The van der Waals surface area contributed by atoms with Crippen LogP contribution in [0.15, 0.2) is 43.0 Å². The van der Waals surface area contributed by atoms with Crippen molar-refractivity contribution in [2.24, 2.45) is 0 Å². The molecule has 2 heteroatoms. The van der Waals surface area contributed by atoms with Gasteiger partial charge in [0.05, 0.1) is 6.42 Å². The molecule has 2 nitrogen and oxygen atoms in total. The molecule has 0 spiro atoms. The lowest BCUT2D eigenvalue weighted by Crippen LogP contribution is -2.05. The third-order valence-electron chi connectivity index (χ3n) is 2.14. The van der Waals surface area contributed by atoms with Crippen molar-refractivity contribution in [2.75, 3.05) is 0 Å². The van der Waals surface area contributed by atoms with Crippen LogP contribution >= 0.6 is 0 Å². The zero-order valence-corrected chi connectivity index (χ0v) is 10.0. The van der Waals surface area contributed by atoms with Crippen LogP contribution in [0, 0.1) is 0 Å². The molecule has 0 fully saturated rings. The summed E-state index contributed by atoms with van der Waals surface area (Å²) in [6, 6.07) is 9.68. The van der Waals surface area contributed by atoms with E-state index >= 15 is 0 Å². The van der Waals surface area contributed by atoms with Crippen LogP contribution in [0.25, 0.3) is 0 Å². The smallest absolute Gasteiger partial charge is 0.303 e. The number of allylic oxidation sites excluding steroid dienone is 1. The maximum atomic E-state index is 10.6. The van der Waals surface area contributed by atoms with Gasteiger partial charge in [0.2, 0.25) is 0 Å². The van der Waals surface area contributed by atoms with Crippen molar-refractivity contribution in [3.8, 4) is 0 Å². The number of hydrogen-bond donors (Lipinski definition) is 1. The maximum absolute atomic E-state index is 10.6. The molecule has 1 atom stereocenters. The predicted octanol–water partition coefficient (Wildman–Crippen LogP) is 3.85. The second-order valence-corrected chi connectivity index (χ2v) is 3.23. The van der Waals surface area contributed by atoms with Gasteiger partial charge in [-0.2, -0.15) is 0 Å². The quantitative estimate of drug-likeness (QED) is 0.765. The first kappa shape index (κ1) is 14.4. The van der Waals surface area contributed by atoms with Crippen LogP contribution in [0.5, 0.6) is 0 Å². The Balaban J connectivity index is 0.00000106. The van der Waals surface area contributed by atoms with Crippen LogP contribution in [-0.4, -0.2) is 11.1 Å². The van der Waals surface area contributed by atoms with Crippen LogP contribution in [0.4, 0.5) is 0 Å². The Morgan fingerprint density at radius 3 is 2.38 bits per heavy atom. The monoisotopic (exact) mass is 220 g/mol. The van der Waals surface area contributed by atoms with Crippen molar-refractivity contribution < 1.29 is 9.90 Å². The third-order valence-corrected chi connectivity index (χ3v) is 2.14. The first-order chi connectivity index (χ1) is 7.74. The highest BCUT2D eigenvalue weighted by Crippen LogP contribution is 2.23. The topological polar surface area (TPSA) is 37.3 Å². The Hall–Kier alpha value is -1.57. The van der Waals surface area contributed by atoms with E-state index in [-0.39, 0.29) is 12.3 Å². The number of hydrogen-bond acceptors (Lipinski definition) is 1. The molecule has 0 aliphatic rings. The highest BCUT2D eigenvalue weighted by atomic mass is 16.4. The molecule has 16 heavy (non-hydrogen) atoms. The molecular weight excluding hydrogens is 200 g/mol. The molecule has 0 saturated carbocycles. The van der Waals surface area contributed by atoms with Gasteiger partial charge in [-0.05, 0) is 17.9 Å². The standard InChI is InChI=1S/C12H14O2.C2H6/c1-2-6-11(9-12(13)14)10-7-4-3-5-8-10;1-2/h2-5,7-8,11H,1,6,9H2,(H,13,14);1-2H3/t11-;/m1./s1. The summed E-state index contributed by atoms with van der Waals surface area (Å²) in [5.74, 6) is -0.716. The van der Waals surface area contributed by atoms with Gasteiger partial charge in [-0.25, -0.2) is 0 Å². The number of carboxylic acids is 1. The zero-order valence-electron chi connectivity index (χ0n) is 10.0. The summed E-state index contributed by atoms with van der Waals surface area (Å²) >= 11 is 0. The van der Waals surface area contributed by atoms with Crippen LogP contribution in [-0.2, 0) is 4.79 Å². The fraction of sp³-hybridized carbons (Fsp3) is 0.357. The first-order valence-electron chi connectivity index (χ1n) is 5.61. The predicted molar refractivity (Wildman–Crippen MR) is 67.6 cm³/mol. The molecule has 1 N–H and O–H groups in total. The summed E-state index contributed by atoms with van der Waals surface area (Å²) in [4.78, 5) is 10.6. The van der Waals surface area contributed by atoms with E-state index in [0.717, 1.165) is 5.56 Å². The molecule has 0 heterocycles. The molecule has 0 aromatic heterocycles. The molecule has 1 aromatic carbocycles. The van der Waals surface area contributed by atoms with E-state index in [0.29, 0.717) is 6.42 Å². The second-order valence-electron chi connectivity index (χ2n) is 3.23. The van der Waals surface area contributed by atoms with Crippen molar-refractivity contribution in [3.63, 3.8) is 0 Å². The SMILES string of the molecule is C=CC[C@H](CC(=O)O)c1ccccc1.CC. The molecule has 0 bridgehead atoms. The van der Waals surface area contributed by atoms with Crippen molar-refractivity contribution in [2.45, 2.75) is 32.6 Å². The van der Waals surface area contributed by atoms with E-state index in [2.05, 4.69) is 6.58 Å². The summed E-state index contributed by atoms with van der Waals surface area (Å²) < 4.78 is 0. The fourth-order valence-corrected chi connectivity index (χ4v) is 1.47. The molecule has 0 radical (unpaired) electrons. The largest absolute Gasteiger partial charge is 0.481 e. The van der Waals surface area contributed by atoms with E-state index in [1.165, 1.54) is 0 Å². The fourth-order valence-electron chi connectivity index (χ4n) is 1.47. The lowest BCUT2D eigenvalue weighted by atomic mass is 9.93. The summed E-state index contributed by atoms with van der Waals surface area (Å²) in [7, 11) is 0. The van der Waals surface area contributed by atoms with Crippen molar-refractivity contribution in [1.29, 1.82) is 0 Å². The minimum Gasteiger partial charge on any atom is -0.481 e. The summed E-state index contributed by atoms with van der Waals surface area (Å²) in [5.41, 5.74) is 1.06. The van der Waals surface area contributed by atoms with Gasteiger partial charge in [0.1, 0.15) is 0 Å². The minimum absolute atomic E-state index is 0.0474. The Morgan fingerprint density at radius 1 is 1.38 bits per heavy atom. The maximum Gasteiger partial charge on any atom is 0.303 e. The van der Waals surface area contributed by atoms with Crippen LogP contribution in [0.2, 0.25) is 0 Å². The van der Waals surface area contributed by atoms with Crippen LogP contribution in [0.1, 0.15) is 38.2 Å². The molecule has 0 aliphatic carbocycles. The molecule has 1 rings (SSSR count).